The summed E-state index contributed by atoms with van der Waals surface area (Å²) in [6, 6.07) is 3.51. The molecule has 0 spiro atoms. The maximum Gasteiger partial charge on any atom is 0.251 e. The van der Waals surface area contributed by atoms with Gasteiger partial charge in [0.05, 0.1) is 0 Å². The monoisotopic (exact) mass is 261 g/mol. The van der Waals surface area contributed by atoms with Crippen molar-refractivity contribution in [2.45, 2.75) is 25.8 Å². The van der Waals surface area contributed by atoms with Crippen molar-refractivity contribution >= 4 is 5.91 Å². The van der Waals surface area contributed by atoms with Crippen LogP contribution in [-0.2, 0) is 24.2 Å². The molecule has 0 unspecified atom stereocenters. The summed E-state index contributed by atoms with van der Waals surface area (Å²) in [6.07, 6.45) is 3.03. The van der Waals surface area contributed by atoms with Crippen molar-refractivity contribution in [1.29, 1.82) is 0 Å². The normalized spacial score (nSPS) is 18.4. The molecule has 0 radical (unpaired) electrons. The van der Waals surface area contributed by atoms with Gasteiger partial charge in [0, 0.05) is 37.9 Å². The Morgan fingerprint density at radius 3 is 2.79 bits per heavy atom. The van der Waals surface area contributed by atoms with E-state index in [4.69, 9.17) is 0 Å². The zero-order valence-electron chi connectivity index (χ0n) is 11.0. The molecule has 1 N–H and O–H groups in total. The van der Waals surface area contributed by atoms with Gasteiger partial charge in [0.15, 0.2) is 0 Å². The van der Waals surface area contributed by atoms with Crippen LogP contribution in [0.4, 0.5) is 0 Å². The summed E-state index contributed by atoms with van der Waals surface area (Å²) in [4.78, 5) is 26.1. The second-order valence-electron chi connectivity index (χ2n) is 5.21. The molecule has 0 bridgehead atoms. The van der Waals surface area contributed by atoms with Crippen molar-refractivity contribution in [1.82, 2.24) is 14.8 Å². The largest absolute Gasteiger partial charge is 0.339 e. The van der Waals surface area contributed by atoms with Crippen molar-refractivity contribution in [2.24, 2.45) is 0 Å². The number of nitrogens with zero attached hydrogens (tertiary/aromatic N) is 2. The van der Waals surface area contributed by atoms with Crippen LogP contribution in [0, 0.1) is 0 Å². The van der Waals surface area contributed by atoms with E-state index in [1.807, 2.05) is 11.0 Å². The molecule has 1 aliphatic carbocycles. The quantitative estimate of drug-likeness (QED) is 0.800. The standard InChI is InChI=1S/C14H19N3O2/c18-13-5-4-11-2-1-3-12(11)17(13)10-14(19)16-8-6-15-7-9-16/h4-5,15H,1-3,6-10H2. The van der Waals surface area contributed by atoms with Gasteiger partial charge in [-0.15, -0.1) is 0 Å². The number of carbonyl (C=O) groups excluding carboxylic acids is 1. The Bertz CT molecular complexity index is 544. The minimum atomic E-state index is -0.0517. The van der Waals surface area contributed by atoms with Crippen LogP contribution in [0.1, 0.15) is 17.7 Å². The Morgan fingerprint density at radius 2 is 2.00 bits per heavy atom. The molecule has 1 aromatic rings. The van der Waals surface area contributed by atoms with Crippen LogP contribution in [0.3, 0.4) is 0 Å². The number of pyridine rings is 1. The highest BCUT2D eigenvalue weighted by Crippen LogP contribution is 2.19. The Labute approximate surface area is 112 Å². The zero-order valence-corrected chi connectivity index (χ0v) is 11.0. The highest BCUT2D eigenvalue weighted by Gasteiger charge is 2.21. The summed E-state index contributed by atoms with van der Waals surface area (Å²) in [5, 5.41) is 3.22. The fourth-order valence-electron chi connectivity index (χ4n) is 2.96. The summed E-state index contributed by atoms with van der Waals surface area (Å²) < 4.78 is 1.67. The first-order valence-electron chi connectivity index (χ1n) is 6.96. The fourth-order valence-corrected chi connectivity index (χ4v) is 2.96. The Balaban J connectivity index is 1.81. The van der Waals surface area contributed by atoms with Crippen LogP contribution in [0.25, 0.3) is 0 Å². The third-order valence-corrected chi connectivity index (χ3v) is 4.01. The van der Waals surface area contributed by atoms with Crippen molar-refractivity contribution in [3.8, 4) is 0 Å². The molecule has 1 aromatic heterocycles. The maximum atomic E-state index is 12.3. The fraction of sp³-hybridized carbons (Fsp3) is 0.571. The van der Waals surface area contributed by atoms with Crippen LogP contribution >= 0.6 is 0 Å². The molecular weight excluding hydrogens is 242 g/mol. The summed E-state index contributed by atoms with van der Waals surface area (Å²) in [7, 11) is 0. The van der Waals surface area contributed by atoms with Gasteiger partial charge >= 0.3 is 0 Å². The SMILES string of the molecule is O=C(Cn1c2c(ccc1=O)CCC2)N1CCNCC1. The highest BCUT2D eigenvalue weighted by molar-refractivity contribution is 5.76. The molecule has 3 rings (SSSR count). The Kier molecular flexibility index (Phi) is 3.38. The van der Waals surface area contributed by atoms with E-state index in [1.165, 1.54) is 5.56 Å². The lowest BCUT2D eigenvalue weighted by atomic mass is 10.2. The highest BCUT2D eigenvalue weighted by atomic mass is 16.2. The first kappa shape index (κ1) is 12.4. The van der Waals surface area contributed by atoms with E-state index in [1.54, 1.807) is 10.6 Å². The molecule has 2 heterocycles. The number of amides is 1. The van der Waals surface area contributed by atoms with E-state index < -0.39 is 0 Å². The summed E-state index contributed by atoms with van der Waals surface area (Å²) >= 11 is 0. The summed E-state index contributed by atoms with van der Waals surface area (Å²) in [5.41, 5.74) is 2.24. The number of rotatable bonds is 2. The van der Waals surface area contributed by atoms with E-state index in [9.17, 15) is 9.59 Å². The third-order valence-electron chi connectivity index (χ3n) is 4.01. The van der Waals surface area contributed by atoms with Gasteiger partial charge in [-0.2, -0.15) is 0 Å². The molecule has 5 nitrogen and oxygen atoms in total. The van der Waals surface area contributed by atoms with Crippen molar-refractivity contribution in [3.05, 3.63) is 33.7 Å². The third kappa shape index (κ3) is 2.42. The van der Waals surface area contributed by atoms with Crippen molar-refractivity contribution in [2.75, 3.05) is 26.2 Å². The average molecular weight is 261 g/mol. The summed E-state index contributed by atoms with van der Waals surface area (Å²) in [5.74, 6) is 0.0592. The number of nitrogens with one attached hydrogen (secondary N) is 1. The smallest absolute Gasteiger partial charge is 0.251 e. The number of piperazine rings is 1. The number of aryl methyl sites for hydroxylation is 1. The first-order chi connectivity index (χ1) is 9.25. The van der Waals surface area contributed by atoms with Crippen molar-refractivity contribution < 1.29 is 4.79 Å². The number of hydrogen-bond acceptors (Lipinski definition) is 3. The van der Waals surface area contributed by atoms with Gasteiger partial charge in [-0.1, -0.05) is 6.07 Å². The molecule has 0 atom stereocenters. The zero-order chi connectivity index (χ0) is 13.2. The predicted molar refractivity (Wildman–Crippen MR) is 72.2 cm³/mol. The number of fused-ring (bicyclic) bond motifs is 1. The second-order valence-corrected chi connectivity index (χ2v) is 5.21. The van der Waals surface area contributed by atoms with Gasteiger partial charge in [0.1, 0.15) is 6.54 Å². The van der Waals surface area contributed by atoms with Crippen LogP contribution in [0.15, 0.2) is 16.9 Å². The van der Waals surface area contributed by atoms with E-state index in [-0.39, 0.29) is 18.0 Å². The van der Waals surface area contributed by atoms with Crippen LogP contribution < -0.4 is 10.9 Å². The van der Waals surface area contributed by atoms with Gasteiger partial charge in [-0.25, -0.2) is 0 Å². The molecule has 1 saturated heterocycles. The van der Waals surface area contributed by atoms with E-state index in [2.05, 4.69) is 5.32 Å². The van der Waals surface area contributed by atoms with Gasteiger partial charge in [-0.3, -0.25) is 9.59 Å². The lowest BCUT2D eigenvalue weighted by Crippen LogP contribution is -2.48. The van der Waals surface area contributed by atoms with Crippen molar-refractivity contribution in [3.63, 3.8) is 0 Å². The van der Waals surface area contributed by atoms with E-state index in [0.717, 1.165) is 51.1 Å². The average Bonchev–Trinajstić information content (AvgIpc) is 2.91. The Morgan fingerprint density at radius 1 is 1.21 bits per heavy atom. The van der Waals surface area contributed by atoms with Crippen LogP contribution in [-0.4, -0.2) is 41.6 Å². The van der Waals surface area contributed by atoms with E-state index >= 15 is 0 Å². The molecule has 0 aromatic carbocycles. The maximum absolute atomic E-state index is 12.3. The number of carbonyl (C=O) groups is 1. The molecule has 0 saturated carbocycles. The lowest BCUT2D eigenvalue weighted by molar-refractivity contribution is -0.132. The molecular formula is C14H19N3O2. The second kappa shape index (κ2) is 5.17. The molecule has 1 aliphatic heterocycles. The van der Waals surface area contributed by atoms with Gasteiger partial charge in [0.2, 0.25) is 5.91 Å². The molecule has 5 heteroatoms. The minimum Gasteiger partial charge on any atom is -0.339 e. The van der Waals surface area contributed by atoms with Crippen LogP contribution in [0.5, 0.6) is 0 Å². The molecule has 19 heavy (non-hydrogen) atoms. The molecule has 102 valence electrons. The number of aromatic nitrogens is 1. The number of hydrogen-bond donors (Lipinski definition) is 1. The molecule has 1 fully saturated rings. The first-order valence-corrected chi connectivity index (χ1v) is 6.96. The molecule has 2 aliphatic rings. The predicted octanol–water partition coefficient (Wildman–Crippen LogP) is -0.231. The van der Waals surface area contributed by atoms with Gasteiger partial charge in [-0.05, 0) is 24.8 Å². The van der Waals surface area contributed by atoms with E-state index in [0.29, 0.717) is 0 Å². The topological polar surface area (TPSA) is 54.3 Å². The Hall–Kier alpha value is -1.62. The lowest BCUT2D eigenvalue weighted by Gasteiger charge is -2.28. The van der Waals surface area contributed by atoms with Gasteiger partial charge < -0.3 is 14.8 Å². The van der Waals surface area contributed by atoms with Crippen LogP contribution in [0.2, 0.25) is 0 Å². The molecule has 1 amide bonds. The minimum absolute atomic E-state index is 0.0517. The van der Waals surface area contributed by atoms with Gasteiger partial charge in [0.25, 0.3) is 5.56 Å². The summed E-state index contributed by atoms with van der Waals surface area (Å²) in [6.45, 7) is 3.36.